The molecule has 4 nitrogen and oxygen atoms in total. The minimum Gasteiger partial charge on any atom is -0.332 e. The van der Waals surface area contributed by atoms with Crippen LogP contribution in [0.25, 0.3) is 11.8 Å². The van der Waals surface area contributed by atoms with Gasteiger partial charge in [0.1, 0.15) is 34.8 Å². The number of aromatic nitrogens is 2. The van der Waals surface area contributed by atoms with E-state index in [1.807, 2.05) is 26.1 Å². The van der Waals surface area contributed by atoms with E-state index in [0.717, 1.165) is 17.7 Å². The van der Waals surface area contributed by atoms with Crippen molar-refractivity contribution in [3.05, 3.63) is 100 Å². The standard InChI is InChI=1S/C27H26F4N4/c1-16(13-19-6-7-20(28)14-22(19)30)10-12-34-11-4-5-17(2)26-25(27(34)32)33-18(3)35(26)24-9-8-21(29)15-23(24)31/h4,6-9,11,13-15,17,32H,5,10,12H2,1-3H3. The van der Waals surface area contributed by atoms with Gasteiger partial charge < -0.3 is 4.90 Å². The molecule has 0 aliphatic carbocycles. The average Bonchev–Trinajstić information content (AvgIpc) is 3.13. The molecule has 3 aromatic rings. The van der Waals surface area contributed by atoms with E-state index in [1.54, 1.807) is 22.5 Å². The Labute approximate surface area is 201 Å². The lowest BCUT2D eigenvalue weighted by molar-refractivity contribution is 0.541. The highest BCUT2D eigenvalue weighted by atomic mass is 19.1. The molecular weight excluding hydrogens is 456 g/mol. The molecule has 0 saturated heterocycles. The largest absolute Gasteiger partial charge is 0.332 e. The van der Waals surface area contributed by atoms with E-state index in [4.69, 9.17) is 5.41 Å². The number of amidine groups is 1. The van der Waals surface area contributed by atoms with Gasteiger partial charge in [-0.25, -0.2) is 22.5 Å². The molecule has 1 aromatic heterocycles. The van der Waals surface area contributed by atoms with Gasteiger partial charge in [0.15, 0.2) is 5.84 Å². The van der Waals surface area contributed by atoms with Gasteiger partial charge in [0.2, 0.25) is 0 Å². The molecule has 0 bridgehead atoms. The quantitative estimate of drug-likeness (QED) is 0.403. The molecule has 0 spiro atoms. The van der Waals surface area contributed by atoms with Crippen molar-refractivity contribution in [2.75, 3.05) is 6.54 Å². The summed E-state index contributed by atoms with van der Waals surface area (Å²) in [5, 5.41) is 8.86. The Morgan fingerprint density at radius 2 is 1.77 bits per heavy atom. The summed E-state index contributed by atoms with van der Waals surface area (Å²) in [7, 11) is 0. The number of halogens is 4. The summed E-state index contributed by atoms with van der Waals surface area (Å²) in [6, 6.07) is 6.88. The first-order chi connectivity index (χ1) is 16.7. The predicted octanol–water partition coefficient (Wildman–Crippen LogP) is 6.88. The zero-order chi connectivity index (χ0) is 25.3. The number of hydrogen-bond donors (Lipinski definition) is 1. The summed E-state index contributed by atoms with van der Waals surface area (Å²) in [4.78, 5) is 6.34. The predicted molar refractivity (Wildman–Crippen MR) is 129 cm³/mol. The van der Waals surface area contributed by atoms with Crippen molar-refractivity contribution in [3.8, 4) is 5.69 Å². The lowest BCUT2D eigenvalue weighted by atomic mass is 9.99. The van der Waals surface area contributed by atoms with Crippen LogP contribution in [0.1, 0.15) is 55.4 Å². The first-order valence-electron chi connectivity index (χ1n) is 11.3. The highest BCUT2D eigenvalue weighted by Crippen LogP contribution is 2.32. The highest BCUT2D eigenvalue weighted by molar-refractivity contribution is 5.97. The van der Waals surface area contributed by atoms with E-state index < -0.39 is 23.3 Å². The lowest BCUT2D eigenvalue weighted by Crippen LogP contribution is -2.30. The summed E-state index contributed by atoms with van der Waals surface area (Å²) < 4.78 is 57.0. The van der Waals surface area contributed by atoms with Gasteiger partial charge in [0, 0.05) is 36.4 Å². The molecule has 2 aromatic carbocycles. The van der Waals surface area contributed by atoms with Gasteiger partial charge in [0.05, 0.1) is 11.4 Å². The zero-order valence-electron chi connectivity index (χ0n) is 19.7. The van der Waals surface area contributed by atoms with E-state index in [9.17, 15) is 17.6 Å². The zero-order valence-corrected chi connectivity index (χ0v) is 19.7. The third-order valence-electron chi connectivity index (χ3n) is 6.10. The number of rotatable bonds is 5. The number of hydrogen-bond acceptors (Lipinski definition) is 2. The number of aryl methyl sites for hydroxylation is 1. The number of fused-ring (bicyclic) bond motifs is 1. The maximum atomic E-state index is 14.7. The van der Waals surface area contributed by atoms with E-state index in [1.165, 1.54) is 24.3 Å². The van der Waals surface area contributed by atoms with E-state index in [2.05, 4.69) is 4.98 Å². The normalized spacial score (nSPS) is 16.3. The van der Waals surface area contributed by atoms with Crippen LogP contribution in [0.5, 0.6) is 0 Å². The van der Waals surface area contributed by atoms with E-state index in [-0.39, 0.29) is 17.4 Å². The van der Waals surface area contributed by atoms with Crippen LogP contribution in [0.2, 0.25) is 0 Å². The molecule has 1 unspecified atom stereocenters. The fourth-order valence-corrected chi connectivity index (χ4v) is 4.30. The van der Waals surface area contributed by atoms with Crippen LogP contribution in [0.15, 0.2) is 54.2 Å². The minimum atomic E-state index is -0.699. The second kappa shape index (κ2) is 9.90. The summed E-state index contributed by atoms with van der Waals surface area (Å²) in [6.45, 7) is 6.00. The average molecular weight is 483 g/mol. The smallest absolute Gasteiger partial charge is 0.153 e. The maximum absolute atomic E-state index is 14.7. The SMILES string of the molecule is CC(=Cc1ccc(F)cc1F)CCN1C=CCC(C)c2c(nc(C)n2-c2ccc(F)cc2F)C1=N. The van der Waals surface area contributed by atoms with Crippen molar-refractivity contribution in [1.29, 1.82) is 5.41 Å². The Bertz CT molecular complexity index is 1340. The first-order valence-corrected chi connectivity index (χ1v) is 11.3. The Morgan fingerprint density at radius 1 is 1.09 bits per heavy atom. The van der Waals surface area contributed by atoms with Crippen molar-refractivity contribution in [2.45, 2.75) is 39.5 Å². The minimum absolute atomic E-state index is 0.0579. The van der Waals surface area contributed by atoms with Crippen LogP contribution in [0.4, 0.5) is 17.6 Å². The topological polar surface area (TPSA) is 44.9 Å². The summed E-state index contributed by atoms with van der Waals surface area (Å²) >= 11 is 0. The molecule has 182 valence electrons. The van der Waals surface area contributed by atoms with Crippen LogP contribution in [-0.2, 0) is 0 Å². The number of allylic oxidation sites excluding steroid dienone is 1. The number of imidazole rings is 1. The molecule has 8 heteroatoms. The molecule has 1 N–H and O–H groups in total. The third kappa shape index (κ3) is 5.06. The fourth-order valence-electron chi connectivity index (χ4n) is 4.30. The number of benzene rings is 2. The van der Waals surface area contributed by atoms with Crippen LogP contribution < -0.4 is 0 Å². The highest BCUT2D eigenvalue weighted by Gasteiger charge is 2.28. The summed E-state index contributed by atoms with van der Waals surface area (Å²) in [5.41, 5.74) is 2.48. The Kier molecular flexibility index (Phi) is 6.91. The van der Waals surface area contributed by atoms with Crippen molar-refractivity contribution < 1.29 is 17.6 Å². The van der Waals surface area contributed by atoms with Gasteiger partial charge >= 0.3 is 0 Å². The molecule has 0 amide bonds. The van der Waals surface area contributed by atoms with Gasteiger partial charge in [-0.1, -0.05) is 24.6 Å². The van der Waals surface area contributed by atoms with Crippen molar-refractivity contribution in [3.63, 3.8) is 0 Å². The number of nitrogens with one attached hydrogen (secondary N) is 1. The van der Waals surface area contributed by atoms with Crippen LogP contribution in [-0.4, -0.2) is 26.8 Å². The van der Waals surface area contributed by atoms with Crippen molar-refractivity contribution >= 4 is 11.9 Å². The van der Waals surface area contributed by atoms with Crippen LogP contribution in [0.3, 0.4) is 0 Å². The van der Waals surface area contributed by atoms with Crippen LogP contribution in [0, 0.1) is 35.6 Å². The molecule has 4 rings (SSSR count). The molecular formula is C27H26F4N4. The van der Waals surface area contributed by atoms with E-state index >= 15 is 0 Å². The van der Waals surface area contributed by atoms with Crippen molar-refractivity contribution in [1.82, 2.24) is 14.5 Å². The molecule has 1 aliphatic rings. The Hall–Kier alpha value is -3.68. The monoisotopic (exact) mass is 482 g/mol. The van der Waals surface area contributed by atoms with E-state index in [0.29, 0.717) is 42.2 Å². The van der Waals surface area contributed by atoms with Gasteiger partial charge in [-0.2, -0.15) is 0 Å². The molecule has 0 saturated carbocycles. The Morgan fingerprint density at radius 3 is 2.46 bits per heavy atom. The second-order valence-corrected chi connectivity index (χ2v) is 8.79. The van der Waals surface area contributed by atoms with Gasteiger partial charge in [0.25, 0.3) is 0 Å². The summed E-state index contributed by atoms with van der Waals surface area (Å²) in [6.07, 6.45) is 6.62. The molecule has 35 heavy (non-hydrogen) atoms. The van der Waals surface area contributed by atoms with Crippen molar-refractivity contribution in [2.24, 2.45) is 0 Å². The molecule has 0 fully saturated rings. The fraction of sp³-hybridized carbons (Fsp3) is 0.259. The first kappa shape index (κ1) is 24.4. The maximum Gasteiger partial charge on any atom is 0.153 e. The summed E-state index contributed by atoms with van der Waals surface area (Å²) in [5.74, 6) is -2.01. The van der Waals surface area contributed by atoms with Gasteiger partial charge in [-0.05, 0) is 51.0 Å². The van der Waals surface area contributed by atoms with Crippen LogP contribution >= 0.6 is 0 Å². The third-order valence-corrected chi connectivity index (χ3v) is 6.10. The Balaban J connectivity index is 1.62. The molecule has 0 radical (unpaired) electrons. The van der Waals surface area contributed by atoms with Gasteiger partial charge in [-0.3, -0.25) is 9.98 Å². The second-order valence-electron chi connectivity index (χ2n) is 8.79. The molecule has 2 heterocycles. The number of nitrogens with zero attached hydrogens (tertiary/aromatic N) is 3. The lowest BCUT2D eigenvalue weighted by Gasteiger charge is -2.25. The van der Waals surface area contributed by atoms with Gasteiger partial charge in [-0.15, -0.1) is 0 Å². The molecule has 1 atom stereocenters. The molecule has 1 aliphatic heterocycles.